The summed E-state index contributed by atoms with van der Waals surface area (Å²) in [5, 5.41) is 14.6. The fraction of sp³-hybridized carbons (Fsp3) is 0.500. The molecule has 3 rings (SSSR count). The highest BCUT2D eigenvalue weighted by molar-refractivity contribution is 5.94. The highest BCUT2D eigenvalue weighted by Gasteiger charge is 2.39. The molecule has 2 saturated carbocycles. The molecule has 2 bridgehead atoms. The lowest BCUT2D eigenvalue weighted by Crippen LogP contribution is -2.30. The molecule has 2 aliphatic carbocycles. The lowest BCUT2D eigenvalue weighted by molar-refractivity contribution is 0.420. The lowest BCUT2D eigenvalue weighted by Gasteiger charge is -2.19. The minimum atomic E-state index is 0.332. The molecule has 0 spiro atoms. The molecule has 6 heteroatoms. The number of nitrogens with zero attached hydrogens (tertiary/aromatic N) is 3. The smallest absolute Gasteiger partial charge is 0.209 e. The van der Waals surface area contributed by atoms with Gasteiger partial charge in [0, 0.05) is 0 Å². The zero-order valence-electron chi connectivity index (χ0n) is 11.2. The summed E-state index contributed by atoms with van der Waals surface area (Å²) in [7, 11) is 0. The maximum absolute atomic E-state index is 8.85. The molecule has 0 saturated heterocycles. The van der Waals surface area contributed by atoms with E-state index in [1.807, 2.05) is 12.3 Å². The molecule has 0 aliphatic heterocycles. The molecular weight excluding hydrogens is 252 g/mol. The Bertz CT molecular complexity index is 544. The Balaban J connectivity index is 1.72. The van der Waals surface area contributed by atoms with Crippen LogP contribution in [0.4, 0.5) is 11.5 Å². The topological polar surface area (TPSA) is 99.1 Å². The Labute approximate surface area is 118 Å². The van der Waals surface area contributed by atoms with Crippen molar-refractivity contribution >= 4 is 17.5 Å². The first-order valence-electron chi connectivity index (χ1n) is 6.96. The fourth-order valence-corrected chi connectivity index (χ4v) is 3.30. The van der Waals surface area contributed by atoms with Crippen LogP contribution in [0.3, 0.4) is 0 Å². The minimum absolute atomic E-state index is 0.332. The minimum Gasteiger partial charge on any atom is -0.384 e. The molecule has 1 aromatic rings. The van der Waals surface area contributed by atoms with E-state index in [0.29, 0.717) is 23.7 Å². The van der Waals surface area contributed by atoms with Crippen LogP contribution in [-0.4, -0.2) is 17.0 Å². The third-order valence-corrected chi connectivity index (χ3v) is 4.22. The van der Waals surface area contributed by atoms with Gasteiger partial charge in [-0.1, -0.05) is 6.42 Å². The highest BCUT2D eigenvalue weighted by Crippen LogP contribution is 2.45. The number of aliphatic imine (C=N–C) groups is 1. The van der Waals surface area contributed by atoms with Crippen molar-refractivity contribution in [2.45, 2.75) is 31.7 Å². The molecule has 0 unspecified atom stereocenters. The average molecular weight is 270 g/mol. The van der Waals surface area contributed by atoms with Gasteiger partial charge in [0.05, 0.1) is 17.9 Å². The Kier molecular flexibility index (Phi) is 3.42. The number of hydrogen-bond acceptors (Lipinski definition) is 4. The molecule has 0 aromatic carbocycles. The summed E-state index contributed by atoms with van der Waals surface area (Å²) in [5.74, 6) is 2.48. The molecule has 2 aliphatic rings. The van der Waals surface area contributed by atoms with Gasteiger partial charge in [0.1, 0.15) is 5.82 Å². The number of nitriles is 1. The normalized spacial score (nSPS) is 28.1. The van der Waals surface area contributed by atoms with Crippen molar-refractivity contribution in [3.05, 3.63) is 18.3 Å². The van der Waals surface area contributed by atoms with E-state index in [0.717, 1.165) is 18.0 Å². The molecule has 6 nitrogen and oxygen atoms in total. The van der Waals surface area contributed by atoms with E-state index in [1.165, 1.54) is 19.3 Å². The van der Waals surface area contributed by atoms with E-state index >= 15 is 0 Å². The summed E-state index contributed by atoms with van der Waals surface area (Å²) in [4.78, 5) is 8.69. The number of nitrogen functional groups attached to an aromatic ring is 1. The standard InChI is InChI=1S/C14H18N6/c15-8-18-14(19-11-3-4-13(16)17-7-11)20-12-6-9-1-2-10(12)5-9/h3-4,7,9-10,12H,1-2,5-6H2,(H2,16,17)(H2,18,19,20)/t9-,10+,12-/m0/s1. The summed E-state index contributed by atoms with van der Waals surface area (Å²) in [6.45, 7) is 0. The predicted molar refractivity (Wildman–Crippen MR) is 77.7 cm³/mol. The van der Waals surface area contributed by atoms with Crippen molar-refractivity contribution in [3.63, 3.8) is 0 Å². The molecule has 3 atom stereocenters. The van der Waals surface area contributed by atoms with Crippen LogP contribution in [0, 0.1) is 23.3 Å². The molecular formula is C14H18N6. The van der Waals surface area contributed by atoms with E-state index in [9.17, 15) is 0 Å². The Morgan fingerprint density at radius 2 is 2.30 bits per heavy atom. The first-order valence-corrected chi connectivity index (χ1v) is 6.96. The van der Waals surface area contributed by atoms with Gasteiger partial charge in [0.2, 0.25) is 5.96 Å². The van der Waals surface area contributed by atoms with Crippen molar-refractivity contribution in [2.75, 3.05) is 11.1 Å². The third-order valence-electron chi connectivity index (χ3n) is 4.22. The Morgan fingerprint density at radius 3 is 2.90 bits per heavy atom. The number of aromatic nitrogens is 1. The number of anilines is 2. The SMILES string of the molecule is N#CNC(=N[C@H]1C[C@H]2CC[C@@H]1C2)Nc1ccc(N)nc1. The maximum atomic E-state index is 8.85. The van der Waals surface area contributed by atoms with E-state index in [1.54, 1.807) is 12.3 Å². The average Bonchev–Trinajstić information content (AvgIpc) is 3.04. The predicted octanol–water partition coefficient (Wildman–Crippen LogP) is 1.69. The van der Waals surface area contributed by atoms with E-state index in [-0.39, 0.29) is 0 Å². The highest BCUT2D eigenvalue weighted by atomic mass is 15.2. The van der Waals surface area contributed by atoms with E-state index < -0.39 is 0 Å². The van der Waals surface area contributed by atoms with Gasteiger partial charge in [-0.2, -0.15) is 5.26 Å². The number of pyridine rings is 1. The zero-order chi connectivity index (χ0) is 13.9. The largest absolute Gasteiger partial charge is 0.384 e. The van der Waals surface area contributed by atoms with Gasteiger partial charge in [-0.05, 0) is 43.2 Å². The van der Waals surface area contributed by atoms with Crippen LogP contribution in [-0.2, 0) is 0 Å². The molecule has 4 N–H and O–H groups in total. The summed E-state index contributed by atoms with van der Waals surface area (Å²) in [5.41, 5.74) is 6.32. The first kappa shape index (κ1) is 12.7. The monoisotopic (exact) mass is 270 g/mol. The van der Waals surface area contributed by atoms with Gasteiger partial charge in [-0.25, -0.2) is 9.98 Å². The zero-order valence-corrected chi connectivity index (χ0v) is 11.2. The second-order valence-corrected chi connectivity index (χ2v) is 5.55. The maximum Gasteiger partial charge on any atom is 0.209 e. The van der Waals surface area contributed by atoms with Crippen LogP contribution in [0.5, 0.6) is 0 Å². The van der Waals surface area contributed by atoms with Crippen molar-refractivity contribution in [1.82, 2.24) is 10.3 Å². The number of nitrogens with one attached hydrogen (secondary N) is 2. The first-order chi connectivity index (χ1) is 9.74. The van der Waals surface area contributed by atoms with Gasteiger partial charge >= 0.3 is 0 Å². The number of hydrogen-bond donors (Lipinski definition) is 3. The van der Waals surface area contributed by atoms with Gasteiger partial charge in [0.15, 0.2) is 6.19 Å². The number of fused-ring (bicyclic) bond motifs is 2. The summed E-state index contributed by atoms with van der Waals surface area (Å²) < 4.78 is 0. The summed E-state index contributed by atoms with van der Waals surface area (Å²) >= 11 is 0. The summed E-state index contributed by atoms with van der Waals surface area (Å²) in [6.07, 6.45) is 8.60. The van der Waals surface area contributed by atoms with E-state index in [2.05, 4.69) is 20.6 Å². The fourth-order valence-electron chi connectivity index (χ4n) is 3.30. The molecule has 104 valence electrons. The second-order valence-electron chi connectivity index (χ2n) is 5.55. The lowest BCUT2D eigenvalue weighted by atomic mass is 9.96. The van der Waals surface area contributed by atoms with Gasteiger partial charge in [-0.3, -0.25) is 5.32 Å². The van der Waals surface area contributed by atoms with Gasteiger partial charge < -0.3 is 11.1 Å². The van der Waals surface area contributed by atoms with Gasteiger partial charge in [-0.15, -0.1) is 0 Å². The van der Waals surface area contributed by atoms with Crippen LogP contribution in [0.1, 0.15) is 25.7 Å². The van der Waals surface area contributed by atoms with Crippen LogP contribution in [0.15, 0.2) is 23.3 Å². The third kappa shape index (κ3) is 2.67. The van der Waals surface area contributed by atoms with Gasteiger partial charge in [0.25, 0.3) is 0 Å². The van der Waals surface area contributed by atoms with Crippen molar-refractivity contribution in [1.29, 1.82) is 5.26 Å². The Hall–Kier alpha value is -2.29. The van der Waals surface area contributed by atoms with Crippen molar-refractivity contribution < 1.29 is 0 Å². The van der Waals surface area contributed by atoms with Crippen LogP contribution in [0.2, 0.25) is 0 Å². The summed E-state index contributed by atoms with van der Waals surface area (Å²) in [6, 6.07) is 3.86. The number of rotatable bonds is 2. The number of guanidine groups is 1. The molecule has 20 heavy (non-hydrogen) atoms. The molecule has 1 heterocycles. The van der Waals surface area contributed by atoms with Crippen molar-refractivity contribution in [3.8, 4) is 6.19 Å². The van der Waals surface area contributed by atoms with E-state index in [4.69, 9.17) is 11.0 Å². The van der Waals surface area contributed by atoms with Crippen LogP contribution in [0.25, 0.3) is 0 Å². The molecule has 0 amide bonds. The molecule has 2 fully saturated rings. The Morgan fingerprint density at radius 1 is 1.40 bits per heavy atom. The van der Waals surface area contributed by atoms with Crippen LogP contribution < -0.4 is 16.4 Å². The number of nitrogens with two attached hydrogens (primary N) is 1. The van der Waals surface area contributed by atoms with Crippen molar-refractivity contribution in [2.24, 2.45) is 16.8 Å². The molecule has 1 aromatic heterocycles. The van der Waals surface area contributed by atoms with Crippen LogP contribution >= 0.6 is 0 Å². The molecule has 0 radical (unpaired) electrons. The quantitative estimate of drug-likeness (QED) is 0.329. The second kappa shape index (κ2) is 5.37.